The Labute approximate surface area is 424 Å². The molecule has 0 aromatic carbocycles. The average molecular weight is 1000 g/mol. The van der Waals surface area contributed by atoms with E-state index in [2.05, 4.69) is 26.0 Å². The van der Waals surface area contributed by atoms with Crippen LogP contribution in [0.4, 0.5) is 0 Å². The Hall–Kier alpha value is -1.78. The molecule has 0 saturated carbocycles. The number of carboxylic acids is 1. The Morgan fingerprint density at radius 3 is 1.10 bits per heavy atom. The van der Waals surface area contributed by atoms with Gasteiger partial charge in [-0.3, -0.25) is 23.4 Å². The highest BCUT2D eigenvalue weighted by Gasteiger charge is 2.28. The Morgan fingerprint density at radius 1 is 0.435 bits per heavy atom. The van der Waals surface area contributed by atoms with Crippen LogP contribution in [0.3, 0.4) is 0 Å². The van der Waals surface area contributed by atoms with Crippen LogP contribution in [-0.4, -0.2) is 59.9 Å². The van der Waals surface area contributed by atoms with Gasteiger partial charge < -0.3 is 25.2 Å². The van der Waals surface area contributed by atoms with Gasteiger partial charge in [-0.2, -0.15) is 0 Å². The van der Waals surface area contributed by atoms with Crippen LogP contribution in [0.2, 0.25) is 0 Å². The zero-order valence-electron chi connectivity index (χ0n) is 44.9. The zero-order chi connectivity index (χ0) is 50.6. The summed E-state index contributed by atoms with van der Waals surface area (Å²) in [6.45, 7) is 2.86. The molecule has 0 aliphatic carbocycles. The van der Waals surface area contributed by atoms with Crippen LogP contribution < -0.4 is 5.73 Å². The highest BCUT2D eigenvalue weighted by Crippen LogP contribution is 2.43. The molecule has 0 aromatic heterocycles. The van der Waals surface area contributed by atoms with Crippen molar-refractivity contribution in [1.82, 2.24) is 0 Å². The lowest BCUT2D eigenvalue weighted by molar-refractivity contribution is -0.161. The molecule has 69 heavy (non-hydrogen) atoms. The Bertz CT molecular complexity index is 1220. The van der Waals surface area contributed by atoms with E-state index in [1.165, 1.54) is 225 Å². The normalized spacial score (nSPS) is 13.4. The molecular formula is C57H110NO10P. The maximum absolute atomic E-state index is 12.7. The summed E-state index contributed by atoms with van der Waals surface area (Å²) in [5, 5.41) is 8.94. The number of phosphoric ester groups is 1. The predicted molar refractivity (Wildman–Crippen MR) is 286 cm³/mol. The number of aliphatic carboxylic acids is 1. The first kappa shape index (κ1) is 67.2. The third-order valence-corrected chi connectivity index (χ3v) is 14.2. The van der Waals surface area contributed by atoms with E-state index in [0.29, 0.717) is 19.3 Å². The van der Waals surface area contributed by atoms with Crippen LogP contribution in [0, 0.1) is 0 Å². The molecule has 0 radical (unpaired) electrons. The molecule has 12 heteroatoms. The lowest BCUT2D eigenvalue weighted by atomic mass is 10.0. The minimum atomic E-state index is -4.73. The molecule has 0 saturated heterocycles. The number of ether oxygens (including phenoxy) is 2. The molecule has 0 aromatic rings. The van der Waals surface area contributed by atoms with Crippen molar-refractivity contribution in [2.45, 2.75) is 315 Å². The molecule has 0 spiro atoms. The number of phosphoric acid groups is 1. The summed E-state index contributed by atoms with van der Waals surface area (Å²) >= 11 is 0. The van der Waals surface area contributed by atoms with Crippen LogP contribution in [0.1, 0.15) is 303 Å². The van der Waals surface area contributed by atoms with Crippen LogP contribution in [-0.2, 0) is 37.5 Å². The fourth-order valence-corrected chi connectivity index (χ4v) is 9.50. The molecule has 0 fully saturated rings. The maximum atomic E-state index is 12.7. The molecule has 1 unspecified atom stereocenters. The topological polar surface area (TPSA) is 172 Å². The quantitative estimate of drug-likeness (QED) is 0.0229. The second-order valence-corrected chi connectivity index (χ2v) is 21.6. The second-order valence-electron chi connectivity index (χ2n) is 20.1. The van der Waals surface area contributed by atoms with Crippen molar-refractivity contribution in [3.05, 3.63) is 12.2 Å². The van der Waals surface area contributed by atoms with Gasteiger partial charge >= 0.3 is 25.7 Å². The van der Waals surface area contributed by atoms with Crippen LogP contribution in [0.25, 0.3) is 0 Å². The number of allylic oxidation sites excluding steroid dienone is 2. The summed E-state index contributed by atoms with van der Waals surface area (Å²) in [7, 11) is -4.73. The first-order valence-corrected chi connectivity index (χ1v) is 30.7. The lowest BCUT2D eigenvalue weighted by Gasteiger charge is -2.20. The third kappa shape index (κ3) is 52.4. The van der Waals surface area contributed by atoms with Crippen molar-refractivity contribution in [2.24, 2.45) is 5.73 Å². The Kier molecular flexibility index (Phi) is 51.2. The number of unbranched alkanes of at least 4 members (excludes halogenated alkanes) is 40. The number of carboxylic acid groups (broad SMARTS) is 1. The minimum absolute atomic E-state index is 0.119. The van der Waals surface area contributed by atoms with Crippen molar-refractivity contribution in [2.75, 3.05) is 19.8 Å². The van der Waals surface area contributed by atoms with Crippen molar-refractivity contribution < 1.29 is 47.5 Å². The molecule has 4 N–H and O–H groups in total. The van der Waals surface area contributed by atoms with E-state index in [0.717, 1.165) is 32.1 Å². The van der Waals surface area contributed by atoms with E-state index in [4.69, 9.17) is 29.4 Å². The van der Waals surface area contributed by atoms with Gasteiger partial charge in [0.1, 0.15) is 12.6 Å². The molecule has 0 heterocycles. The molecule has 0 rings (SSSR count). The van der Waals surface area contributed by atoms with E-state index >= 15 is 0 Å². The number of carbonyl (C=O) groups is 3. The highest BCUT2D eigenvalue weighted by molar-refractivity contribution is 7.47. The van der Waals surface area contributed by atoms with E-state index in [9.17, 15) is 23.8 Å². The average Bonchev–Trinajstić information content (AvgIpc) is 3.33. The van der Waals surface area contributed by atoms with Crippen LogP contribution >= 0.6 is 7.82 Å². The standard InChI is InChI=1S/C57H110NO10P/c1-3-5-7-9-11-13-15-17-19-21-23-25-27-29-31-33-35-37-39-41-43-45-47-49-56(60)68-53(51-66-69(63,64)67-52-54(58)57(61)62)50-65-55(59)48-46-44-42-40-38-36-34-32-30-28-26-24-22-20-18-16-14-12-10-8-6-4-2/h41,43,53-54H,3-40,42,44-52,58H2,1-2H3,(H,61,62)(H,63,64)/b43-41+/t53-,54+/m1/s1. The Balaban J connectivity index is 4.14. The van der Waals surface area contributed by atoms with Gasteiger partial charge in [0.25, 0.3) is 0 Å². The first-order chi connectivity index (χ1) is 33.6. The molecule has 3 atom stereocenters. The molecule has 408 valence electrons. The summed E-state index contributed by atoms with van der Waals surface area (Å²) in [5.41, 5.74) is 5.37. The van der Waals surface area contributed by atoms with Gasteiger partial charge in [-0.05, 0) is 32.1 Å². The fourth-order valence-electron chi connectivity index (χ4n) is 8.72. The summed E-state index contributed by atoms with van der Waals surface area (Å²) in [6.07, 6.45) is 58.7. The van der Waals surface area contributed by atoms with Crippen LogP contribution in [0.5, 0.6) is 0 Å². The number of carbonyl (C=O) groups excluding carboxylic acids is 2. The Morgan fingerprint density at radius 2 is 0.739 bits per heavy atom. The lowest BCUT2D eigenvalue weighted by Crippen LogP contribution is -2.34. The zero-order valence-corrected chi connectivity index (χ0v) is 45.8. The van der Waals surface area contributed by atoms with Gasteiger partial charge in [-0.1, -0.05) is 270 Å². The first-order valence-electron chi connectivity index (χ1n) is 29.2. The van der Waals surface area contributed by atoms with Crippen LogP contribution in [0.15, 0.2) is 12.2 Å². The molecule has 0 aliphatic heterocycles. The van der Waals surface area contributed by atoms with E-state index in [1.54, 1.807) is 0 Å². The summed E-state index contributed by atoms with van der Waals surface area (Å²) in [5.74, 6) is -2.39. The largest absolute Gasteiger partial charge is 0.480 e. The smallest absolute Gasteiger partial charge is 0.472 e. The molecule has 0 aliphatic rings. The molecular weight excluding hydrogens is 890 g/mol. The maximum Gasteiger partial charge on any atom is 0.472 e. The van der Waals surface area contributed by atoms with Crippen molar-refractivity contribution in [1.29, 1.82) is 0 Å². The van der Waals surface area contributed by atoms with Gasteiger partial charge in [0.05, 0.1) is 13.2 Å². The second kappa shape index (κ2) is 52.5. The van der Waals surface area contributed by atoms with E-state index in [-0.39, 0.29) is 19.4 Å². The monoisotopic (exact) mass is 1000 g/mol. The van der Waals surface area contributed by atoms with Crippen molar-refractivity contribution in [3.8, 4) is 0 Å². The van der Waals surface area contributed by atoms with Gasteiger partial charge in [0.15, 0.2) is 6.10 Å². The van der Waals surface area contributed by atoms with Gasteiger partial charge in [0.2, 0.25) is 0 Å². The third-order valence-electron chi connectivity index (χ3n) is 13.3. The number of rotatable bonds is 56. The van der Waals surface area contributed by atoms with Gasteiger partial charge in [0, 0.05) is 12.8 Å². The van der Waals surface area contributed by atoms with E-state index in [1.807, 2.05) is 0 Å². The fraction of sp³-hybridized carbons (Fsp3) is 0.912. The highest BCUT2D eigenvalue weighted by atomic mass is 31.2. The van der Waals surface area contributed by atoms with Gasteiger partial charge in [-0.25, -0.2) is 4.57 Å². The number of hydrogen-bond acceptors (Lipinski definition) is 9. The summed E-state index contributed by atoms with van der Waals surface area (Å²) < 4.78 is 32.9. The van der Waals surface area contributed by atoms with E-state index < -0.39 is 51.1 Å². The number of esters is 2. The SMILES string of the molecule is CCCCCCCCCCCCCCCCCCCC/C=C/CCCC(=O)O[C@H](COC(=O)CCCCCCCCCCCCCCCCCCCCCCCC)COP(=O)(O)OC[C@H](N)C(=O)O. The van der Waals surface area contributed by atoms with Crippen molar-refractivity contribution >= 4 is 25.7 Å². The molecule has 0 amide bonds. The predicted octanol–water partition coefficient (Wildman–Crippen LogP) is 17.1. The number of hydrogen-bond donors (Lipinski definition) is 3. The minimum Gasteiger partial charge on any atom is -0.480 e. The molecule has 11 nitrogen and oxygen atoms in total. The van der Waals surface area contributed by atoms with Crippen molar-refractivity contribution in [3.63, 3.8) is 0 Å². The summed E-state index contributed by atoms with van der Waals surface area (Å²) in [6, 6.07) is -1.52. The van der Waals surface area contributed by atoms with Gasteiger partial charge in [-0.15, -0.1) is 0 Å². The number of nitrogens with two attached hydrogens (primary N) is 1. The summed E-state index contributed by atoms with van der Waals surface area (Å²) in [4.78, 5) is 46.3. The molecule has 0 bridgehead atoms.